The Labute approximate surface area is 344 Å². The van der Waals surface area contributed by atoms with Crippen LogP contribution in [0.3, 0.4) is 0 Å². The molecule has 0 radical (unpaired) electrons. The van der Waals surface area contributed by atoms with E-state index in [2.05, 4.69) is 159 Å². The van der Waals surface area contributed by atoms with Gasteiger partial charge >= 0.3 is 0 Å². The van der Waals surface area contributed by atoms with Gasteiger partial charge in [-0.3, -0.25) is 0 Å². The van der Waals surface area contributed by atoms with Gasteiger partial charge in [-0.2, -0.15) is 0 Å². The molecule has 264 valence electrons. The van der Waals surface area contributed by atoms with Crippen molar-refractivity contribution in [1.82, 2.24) is 0 Å². The van der Waals surface area contributed by atoms with Gasteiger partial charge in [0.25, 0.3) is 0 Å². The monoisotopic (exact) mass is 792 g/mol. The van der Waals surface area contributed by atoms with Crippen LogP contribution in [0.25, 0.3) is 104 Å². The lowest BCUT2D eigenvalue weighted by molar-refractivity contribution is 0.703. The predicted octanol–water partition coefficient (Wildman–Crippen LogP) is 14.0. The van der Waals surface area contributed by atoms with E-state index in [1.807, 2.05) is 34.0 Å². The number of hydrogen-bond acceptors (Lipinski definition) is 4. The Morgan fingerprint density at radius 2 is 1.05 bits per heavy atom. The lowest BCUT2D eigenvalue weighted by Crippen LogP contribution is -2.57. The Morgan fingerprint density at radius 3 is 1.67 bits per heavy atom. The molecular weight excluding hydrogens is 764 g/mol. The van der Waals surface area contributed by atoms with E-state index in [4.69, 9.17) is 0 Å². The summed E-state index contributed by atoms with van der Waals surface area (Å²) >= 11 is 8.07. The van der Waals surface area contributed by atoms with E-state index in [9.17, 15) is 0 Å². The zero-order valence-corrected chi connectivity index (χ0v) is 34.3. The van der Waals surface area contributed by atoms with Crippen molar-refractivity contribution >= 4 is 151 Å². The van der Waals surface area contributed by atoms with E-state index < -0.39 is 0 Å². The van der Waals surface area contributed by atoms with Crippen LogP contribution in [0.15, 0.2) is 138 Å². The summed E-state index contributed by atoms with van der Waals surface area (Å²) in [5.41, 5.74) is 12.9. The van der Waals surface area contributed by atoms with Gasteiger partial charge in [0.1, 0.15) is 0 Å². The molecule has 8 aromatic carbocycles. The fraction of sp³-hybridized carbons (Fsp3) is 0.0769. The Kier molecular flexibility index (Phi) is 5.57. The second kappa shape index (κ2) is 10.3. The molecule has 0 nitrogen and oxygen atoms in total. The highest BCUT2D eigenvalue weighted by molar-refractivity contribution is 8.01. The molecule has 3 aromatic heterocycles. The number of allylic oxidation sites excluding steroid dienone is 3. The molecule has 2 atom stereocenters. The van der Waals surface area contributed by atoms with Gasteiger partial charge in [-0.1, -0.05) is 120 Å². The van der Waals surface area contributed by atoms with Crippen molar-refractivity contribution in [1.29, 1.82) is 0 Å². The maximum Gasteiger partial charge on any atom is 0.244 e. The van der Waals surface area contributed by atoms with Gasteiger partial charge in [0.05, 0.1) is 0 Å². The number of rotatable bonds is 0. The second-order valence-electron chi connectivity index (χ2n) is 16.8. The normalized spacial score (nSPS) is 18.7. The van der Waals surface area contributed by atoms with Gasteiger partial charge in [0, 0.05) is 86.8 Å². The Hall–Kier alpha value is -5.17. The zero-order chi connectivity index (χ0) is 37.1. The highest BCUT2D eigenvalue weighted by atomic mass is 32.2. The molecule has 57 heavy (non-hydrogen) atoms. The van der Waals surface area contributed by atoms with Gasteiger partial charge in [0.2, 0.25) is 6.71 Å². The standard InChI is InChI=1S/C52H29BS4/c1-25-19-31-29-21-33-26-11-3-6-15-40(26)54-48(33)45-43(29)38(23-35-28-13-5-8-17-42(28)56-50(35)45)53-39-24-36-37-14-9-10-18-52(37,2)57-51(36)46-44(39)30(32(20-25)47(31)53)22-34-27-12-4-7-16-41(27)55-49(34)46/h3-24,37H,1-2H3. The van der Waals surface area contributed by atoms with Crippen LogP contribution in [0.5, 0.6) is 0 Å². The van der Waals surface area contributed by atoms with Crippen molar-refractivity contribution in [2.45, 2.75) is 29.4 Å². The highest BCUT2D eigenvalue weighted by Gasteiger charge is 2.46. The minimum absolute atomic E-state index is 0.0159. The van der Waals surface area contributed by atoms with Gasteiger partial charge in [-0.25, -0.2) is 0 Å². The molecule has 4 aliphatic rings. The van der Waals surface area contributed by atoms with Crippen LogP contribution in [-0.2, 0) is 0 Å². The van der Waals surface area contributed by atoms with Crippen LogP contribution in [0.1, 0.15) is 24.0 Å². The van der Waals surface area contributed by atoms with Crippen molar-refractivity contribution in [2.24, 2.45) is 0 Å². The average Bonchev–Trinajstić information content (AvgIpc) is 3.98. The summed E-state index contributed by atoms with van der Waals surface area (Å²) in [5, 5.41) is 14.2. The molecule has 0 saturated carbocycles. The first-order valence-electron chi connectivity index (χ1n) is 19.9. The van der Waals surface area contributed by atoms with Gasteiger partial charge in [0.15, 0.2) is 0 Å². The Balaban J connectivity index is 1.20. The first-order chi connectivity index (χ1) is 28.0. The molecule has 11 aromatic rings. The average molecular weight is 793 g/mol. The smallest absolute Gasteiger partial charge is 0.134 e. The topological polar surface area (TPSA) is 0 Å². The van der Waals surface area contributed by atoms with E-state index in [-0.39, 0.29) is 11.5 Å². The number of thioether (sulfide) groups is 1. The predicted molar refractivity (Wildman–Crippen MR) is 256 cm³/mol. The second-order valence-corrected chi connectivity index (χ2v) is 21.5. The summed E-state index contributed by atoms with van der Waals surface area (Å²) in [4.78, 5) is 1.49. The van der Waals surface area contributed by atoms with Crippen LogP contribution in [-0.4, -0.2) is 11.5 Å². The first kappa shape index (κ1) is 30.9. The molecular formula is C52H29BS4. The summed E-state index contributed by atoms with van der Waals surface area (Å²) < 4.78 is 8.39. The summed E-state index contributed by atoms with van der Waals surface area (Å²) in [5.74, 6) is 0.326. The SMILES string of the molecule is Cc1cc2c3c(c1)-c1cc4c5ccccc5sc4c4c1c(cc1c5ccccc5sc14)B3c1cc3c(c4c1c-2cc1c2ccccc2sc14)SC1(C)C=CC=CC31. The third kappa shape index (κ3) is 3.63. The van der Waals surface area contributed by atoms with Gasteiger partial charge < -0.3 is 0 Å². The molecule has 0 fully saturated rings. The number of benzene rings is 8. The quantitative estimate of drug-likeness (QED) is 0.138. The molecule has 0 spiro atoms. The lowest BCUT2D eigenvalue weighted by Gasteiger charge is -2.35. The summed E-state index contributed by atoms with van der Waals surface area (Å²) in [6, 6.07) is 42.8. The molecule has 0 saturated heterocycles. The molecule has 0 bridgehead atoms. The fourth-order valence-electron chi connectivity index (χ4n) is 11.5. The largest absolute Gasteiger partial charge is 0.244 e. The van der Waals surface area contributed by atoms with Gasteiger partial charge in [-0.15, -0.1) is 45.8 Å². The van der Waals surface area contributed by atoms with Crippen LogP contribution in [0.4, 0.5) is 0 Å². The number of aryl methyl sites for hydroxylation is 1. The van der Waals surface area contributed by atoms with Gasteiger partial charge in [-0.05, 0) is 88.3 Å². The molecule has 5 heteroatoms. The van der Waals surface area contributed by atoms with Crippen LogP contribution in [0.2, 0.25) is 0 Å². The number of fused-ring (bicyclic) bond motifs is 20. The molecule has 3 aliphatic heterocycles. The lowest BCUT2D eigenvalue weighted by atomic mass is 9.30. The minimum atomic E-state index is -0.0159. The van der Waals surface area contributed by atoms with Crippen molar-refractivity contribution < 1.29 is 0 Å². The van der Waals surface area contributed by atoms with E-state index in [1.165, 1.54) is 137 Å². The maximum absolute atomic E-state index is 2.69. The molecule has 1 aliphatic carbocycles. The summed E-state index contributed by atoms with van der Waals surface area (Å²) in [6.45, 7) is 4.90. The number of thiophene rings is 3. The molecule has 0 amide bonds. The third-order valence-electron chi connectivity index (χ3n) is 13.8. The van der Waals surface area contributed by atoms with E-state index >= 15 is 0 Å². The van der Waals surface area contributed by atoms with E-state index in [0.717, 1.165) is 0 Å². The van der Waals surface area contributed by atoms with E-state index in [0.29, 0.717) is 5.92 Å². The Morgan fingerprint density at radius 1 is 0.526 bits per heavy atom. The minimum Gasteiger partial charge on any atom is -0.134 e. The highest BCUT2D eigenvalue weighted by Crippen LogP contribution is 2.60. The first-order valence-corrected chi connectivity index (χ1v) is 23.2. The van der Waals surface area contributed by atoms with E-state index in [1.54, 1.807) is 0 Å². The maximum atomic E-state index is 2.69. The van der Waals surface area contributed by atoms with Crippen LogP contribution >= 0.6 is 45.8 Å². The van der Waals surface area contributed by atoms with Crippen LogP contribution < -0.4 is 16.4 Å². The summed E-state index contributed by atoms with van der Waals surface area (Å²) in [7, 11) is 0. The molecule has 2 unspecified atom stereocenters. The summed E-state index contributed by atoms with van der Waals surface area (Å²) in [6.07, 6.45) is 9.49. The van der Waals surface area contributed by atoms with Crippen molar-refractivity contribution in [3.05, 3.63) is 145 Å². The van der Waals surface area contributed by atoms with Crippen molar-refractivity contribution in [3.8, 4) is 22.3 Å². The fourth-order valence-corrected chi connectivity index (χ4v) is 16.9. The zero-order valence-electron chi connectivity index (χ0n) is 31.0. The van der Waals surface area contributed by atoms with Crippen molar-refractivity contribution in [3.63, 3.8) is 0 Å². The molecule has 0 N–H and O–H groups in total. The van der Waals surface area contributed by atoms with Crippen molar-refractivity contribution in [2.75, 3.05) is 0 Å². The third-order valence-corrected chi connectivity index (χ3v) is 18.9. The number of hydrogen-bond donors (Lipinski definition) is 0. The molecule has 6 heterocycles. The van der Waals surface area contributed by atoms with Crippen LogP contribution in [0, 0.1) is 6.92 Å². The molecule has 15 rings (SSSR count). The Bertz CT molecular complexity index is 3820.